The summed E-state index contributed by atoms with van der Waals surface area (Å²) >= 11 is 1.69. The third-order valence-corrected chi connectivity index (χ3v) is 7.10. The molecular weight excluding hydrogens is 436 g/mol. The molecule has 4 aromatic rings. The molecule has 1 aliphatic heterocycles. The quantitative estimate of drug-likeness (QED) is 0.441. The van der Waals surface area contributed by atoms with E-state index in [0.717, 1.165) is 39.2 Å². The average Bonchev–Trinajstić information content (AvgIpc) is 3.51. The van der Waals surface area contributed by atoms with Gasteiger partial charge in [-0.25, -0.2) is 9.78 Å². The molecule has 5 rings (SSSR count). The van der Waals surface area contributed by atoms with Crippen molar-refractivity contribution >= 4 is 33.4 Å². The summed E-state index contributed by atoms with van der Waals surface area (Å²) in [5, 5.41) is 7.96. The van der Waals surface area contributed by atoms with E-state index in [1.807, 2.05) is 49.4 Å². The molecule has 168 valence electrons. The summed E-state index contributed by atoms with van der Waals surface area (Å²) in [6.45, 7) is 2.99. The fourth-order valence-electron chi connectivity index (χ4n) is 4.06. The van der Waals surface area contributed by atoms with Crippen LogP contribution in [0, 0.1) is 6.92 Å². The number of amides is 1. The summed E-state index contributed by atoms with van der Waals surface area (Å²) in [6.07, 6.45) is 1.90. The number of fused-ring (bicyclic) bond motifs is 1. The summed E-state index contributed by atoms with van der Waals surface area (Å²) in [5.41, 5.74) is 3.93. The molecule has 0 spiro atoms. The van der Waals surface area contributed by atoms with Crippen LogP contribution >= 0.6 is 11.3 Å². The topological polar surface area (TPSA) is 88.2 Å². The fourth-order valence-corrected chi connectivity index (χ4v) is 5.16. The second kappa shape index (κ2) is 9.15. The summed E-state index contributed by atoms with van der Waals surface area (Å²) in [4.78, 5) is 31.7. The first-order valence-corrected chi connectivity index (χ1v) is 11.8. The van der Waals surface area contributed by atoms with Gasteiger partial charge in [0.25, 0.3) is 5.91 Å². The van der Waals surface area contributed by atoms with Crippen LogP contribution in [0.4, 0.5) is 0 Å². The van der Waals surface area contributed by atoms with Crippen molar-refractivity contribution in [3.63, 3.8) is 0 Å². The van der Waals surface area contributed by atoms with Crippen LogP contribution in [0.2, 0.25) is 0 Å². The molecule has 1 N–H and O–H groups in total. The summed E-state index contributed by atoms with van der Waals surface area (Å²) in [5.74, 6) is -0.568. The maximum Gasteiger partial charge on any atom is 0.356 e. The summed E-state index contributed by atoms with van der Waals surface area (Å²) in [6, 6.07) is 17.6. The molecule has 1 amide bonds. The normalized spacial score (nSPS) is 16.2. The Morgan fingerprint density at radius 2 is 2.00 bits per heavy atom. The highest BCUT2D eigenvalue weighted by molar-refractivity contribution is 7.18. The number of nitrogens with one attached hydrogen (secondary N) is 1. The Bertz CT molecular complexity index is 1260. The van der Waals surface area contributed by atoms with Gasteiger partial charge in [0.2, 0.25) is 0 Å². The number of H-pyrrole nitrogens is 1. The first kappa shape index (κ1) is 21.3. The second-order valence-corrected chi connectivity index (χ2v) is 9.37. The largest absolute Gasteiger partial charge is 0.451 e. The number of para-hydroxylation sites is 1. The molecule has 0 aliphatic carbocycles. The standard InChI is InChI=1S/C25H24N4O3S/c1-16-8-10-17(11-9-16)20-13-21(28-27-20)25(31)32-15-23(30)29-12-4-5-18(14-29)24-26-19-6-2-3-7-22(19)33-24/h2-3,6-11,13,18H,4-5,12,14-15H2,1H3,(H,27,28)/t18-/m0/s1. The van der Waals surface area contributed by atoms with Gasteiger partial charge in [-0.2, -0.15) is 5.10 Å². The van der Waals surface area contributed by atoms with Gasteiger partial charge in [0.15, 0.2) is 6.61 Å². The molecule has 0 bridgehead atoms. The van der Waals surface area contributed by atoms with Gasteiger partial charge < -0.3 is 9.64 Å². The van der Waals surface area contributed by atoms with E-state index in [9.17, 15) is 9.59 Å². The van der Waals surface area contributed by atoms with Gasteiger partial charge in [-0.15, -0.1) is 11.3 Å². The number of hydrogen-bond donors (Lipinski definition) is 1. The van der Waals surface area contributed by atoms with Gasteiger partial charge >= 0.3 is 5.97 Å². The fraction of sp³-hybridized carbons (Fsp3) is 0.280. The zero-order valence-corrected chi connectivity index (χ0v) is 19.1. The number of rotatable bonds is 5. The van der Waals surface area contributed by atoms with Crippen LogP contribution in [0.15, 0.2) is 54.6 Å². The van der Waals surface area contributed by atoms with E-state index < -0.39 is 5.97 Å². The highest BCUT2D eigenvalue weighted by Crippen LogP contribution is 2.33. The molecule has 33 heavy (non-hydrogen) atoms. The summed E-state index contributed by atoms with van der Waals surface area (Å²) < 4.78 is 6.45. The van der Waals surface area contributed by atoms with Crippen molar-refractivity contribution in [2.45, 2.75) is 25.7 Å². The van der Waals surface area contributed by atoms with E-state index in [4.69, 9.17) is 9.72 Å². The average molecular weight is 461 g/mol. The second-order valence-electron chi connectivity index (χ2n) is 8.31. The Balaban J connectivity index is 1.18. The number of aryl methyl sites for hydroxylation is 1. The maximum absolute atomic E-state index is 12.7. The Labute approximate surface area is 195 Å². The zero-order valence-electron chi connectivity index (χ0n) is 18.3. The number of aromatic amines is 1. The minimum absolute atomic E-state index is 0.188. The van der Waals surface area contributed by atoms with Crippen molar-refractivity contribution in [3.8, 4) is 11.3 Å². The molecule has 1 aliphatic rings. The molecule has 0 saturated carbocycles. The molecule has 0 unspecified atom stereocenters. The zero-order chi connectivity index (χ0) is 22.8. The van der Waals surface area contributed by atoms with Crippen LogP contribution < -0.4 is 0 Å². The van der Waals surface area contributed by atoms with Gasteiger partial charge in [0.1, 0.15) is 5.69 Å². The number of benzene rings is 2. The lowest BCUT2D eigenvalue weighted by Crippen LogP contribution is -2.41. The molecule has 1 fully saturated rings. The van der Waals surface area contributed by atoms with Crippen molar-refractivity contribution in [3.05, 3.63) is 70.9 Å². The summed E-state index contributed by atoms with van der Waals surface area (Å²) in [7, 11) is 0. The van der Waals surface area contributed by atoms with Gasteiger partial charge in [-0.1, -0.05) is 42.0 Å². The van der Waals surface area contributed by atoms with Gasteiger partial charge in [-0.05, 0) is 38.0 Å². The van der Waals surface area contributed by atoms with Crippen LogP contribution in [0.25, 0.3) is 21.5 Å². The predicted molar refractivity (Wildman–Crippen MR) is 127 cm³/mol. The lowest BCUT2D eigenvalue weighted by Gasteiger charge is -2.31. The smallest absolute Gasteiger partial charge is 0.356 e. The van der Waals surface area contributed by atoms with Crippen LogP contribution in [0.5, 0.6) is 0 Å². The molecule has 8 heteroatoms. The van der Waals surface area contributed by atoms with Crippen molar-refractivity contribution in [2.75, 3.05) is 19.7 Å². The van der Waals surface area contributed by atoms with Crippen LogP contribution in [0.1, 0.15) is 39.8 Å². The lowest BCUT2D eigenvalue weighted by atomic mass is 9.99. The number of nitrogens with zero attached hydrogens (tertiary/aromatic N) is 3. The maximum atomic E-state index is 12.7. The lowest BCUT2D eigenvalue weighted by molar-refractivity contribution is -0.135. The Morgan fingerprint density at radius 1 is 1.18 bits per heavy atom. The third-order valence-electron chi connectivity index (χ3n) is 5.91. The van der Waals surface area contributed by atoms with Crippen molar-refractivity contribution in [1.82, 2.24) is 20.1 Å². The van der Waals surface area contributed by atoms with Crippen LogP contribution in [0.3, 0.4) is 0 Å². The highest BCUT2D eigenvalue weighted by Gasteiger charge is 2.27. The Morgan fingerprint density at radius 3 is 2.82 bits per heavy atom. The number of esters is 1. The number of carbonyl (C=O) groups is 2. The molecule has 3 heterocycles. The van der Waals surface area contributed by atoms with Crippen molar-refractivity contribution < 1.29 is 14.3 Å². The third kappa shape index (κ3) is 4.66. The van der Waals surface area contributed by atoms with E-state index in [1.54, 1.807) is 22.3 Å². The molecule has 2 aromatic heterocycles. The number of aromatic nitrogens is 3. The monoisotopic (exact) mass is 460 g/mol. The first-order valence-electron chi connectivity index (χ1n) is 11.0. The Hall–Kier alpha value is -3.52. The van der Waals surface area contributed by atoms with Crippen molar-refractivity contribution in [1.29, 1.82) is 0 Å². The van der Waals surface area contributed by atoms with Crippen molar-refractivity contribution in [2.24, 2.45) is 0 Å². The van der Waals surface area contributed by atoms with E-state index >= 15 is 0 Å². The highest BCUT2D eigenvalue weighted by atomic mass is 32.1. The number of carbonyl (C=O) groups excluding carboxylic acids is 2. The SMILES string of the molecule is Cc1ccc(-c2cc(C(=O)OCC(=O)N3CCC[C@H](c4nc5ccccc5s4)C3)[nH]n2)cc1. The van der Waals surface area contributed by atoms with E-state index in [-0.39, 0.29) is 24.1 Å². The molecule has 1 saturated heterocycles. The molecule has 1 atom stereocenters. The molecular formula is C25H24N4O3S. The first-order chi connectivity index (χ1) is 16.1. The van der Waals surface area contributed by atoms with E-state index in [1.165, 1.54) is 0 Å². The van der Waals surface area contributed by atoms with Gasteiger partial charge in [0, 0.05) is 24.6 Å². The van der Waals surface area contributed by atoms with Gasteiger partial charge in [0.05, 0.1) is 20.9 Å². The molecule has 7 nitrogen and oxygen atoms in total. The minimum Gasteiger partial charge on any atom is -0.451 e. The van der Waals surface area contributed by atoms with Crippen LogP contribution in [-0.4, -0.2) is 51.7 Å². The van der Waals surface area contributed by atoms with Gasteiger partial charge in [-0.3, -0.25) is 9.89 Å². The van der Waals surface area contributed by atoms with E-state index in [0.29, 0.717) is 18.8 Å². The number of piperidine rings is 1. The molecule has 2 aromatic carbocycles. The van der Waals surface area contributed by atoms with Crippen LogP contribution in [-0.2, 0) is 9.53 Å². The number of ether oxygens (including phenoxy) is 1. The van der Waals surface area contributed by atoms with E-state index in [2.05, 4.69) is 16.3 Å². The Kier molecular flexibility index (Phi) is 5.92. The number of thiazole rings is 1. The molecule has 0 radical (unpaired) electrons. The number of hydrogen-bond acceptors (Lipinski definition) is 6. The predicted octanol–water partition coefficient (Wildman–Crippen LogP) is 4.56. The number of likely N-dealkylation sites (tertiary alicyclic amines) is 1. The minimum atomic E-state index is -0.589.